The second-order valence-electron chi connectivity index (χ2n) is 9.94. The van der Waals surface area contributed by atoms with Crippen molar-refractivity contribution >= 4 is 34.1 Å². The monoisotopic (exact) mass is 476 g/mol. The topological polar surface area (TPSA) is 18.5 Å². The first-order valence-corrected chi connectivity index (χ1v) is 19.8. The van der Waals surface area contributed by atoms with Crippen molar-refractivity contribution < 1.29 is 8.85 Å². The molecule has 1 aliphatic heterocycles. The Kier molecular flexibility index (Phi) is 4.80. The molecule has 1 heterocycles. The van der Waals surface area contributed by atoms with E-state index in [1.807, 2.05) is 0 Å². The fourth-order valence-electron chi connectivity index (χ4n) is 4.36. The van der Waals surface area contributed by atoms with Crippen molar-refractivity contribution in [3.63, 3.8) is 0 Å². The van der Waals surface area contributed by atoms with Crippen molar-refractivity contribution in [2.45, 2.75) is 61.5 Å². The van der Waals surface area contributed by atoms with Crippen molar-refractivity contribution in [3.05, 3.63) is 48.5 Å². The van der Waals surface area contributed by atoms with Crippen LogP contribution >= 0.6 is 0 Å². The van der Waals surface area contributed by atoms with Gasteiger partial charge in [0, 0.05) is 0 Å². The third-order valence-electron chi connectivity index (χ3n) is 5.60. The Hall–Kier alpha value is -0.944. The number of benzene rings is 2. The Bertz CT molecular complexity index is 748. The number of fused-ring (bicyclic) bond motifs is 2. The summed E-state index contributed by atoms with van der Waals surface area (Å²) in [6.07, 6.45) is 0. The number of hydrogen-bond acceptors (Lipinski definition) is 2. The minimum atomic E-state index is -2.81. The summed E-state index contributed by atoms with van der Waals surface area (Å²) in [6.45, 7) is 13.6. The average molecular weight is 475 g/mol. The van der Waals surface area contributed by atoms with Crippen LogP contribution in [0.2, 0.25) is 20.0 Å². The summed E-state index contributed by atoms with van der Waals surface area (Å²) in [5.74, 6) is 2.11. The van der Waals surface area contributed by atoms with Gasteiger partial charge < -0.3 is 0 Å². The predicted octanol–water partition coefficient (Wildman–Crippen LogP) is 5.32. The molecule has 2 aromatic carbocycles. The van der Waals surface area contributed by atoms with Crippen LogP contribution in [-0.4, -0.2) is 26.9 Å². The van der Waals surface area contributed by atoms with Crippen LogP contribution in [0.1, 0.15) is 41.5 Å². The molecule has 0 atom stereocenters. The van der Waals surface area contributed by atoms with Crippen LogP contribution < -0.4 is 16.0 Å². The van der Waals surface area contributed by atoms with Crippen molar-refractivity contribution in [1.82, 2.24) is 0 Å². The van der Waals surface area contributed by atoms with Gasteiger partial charge >= 0.3 is 164 Å². The zero-order valence-corrected chi connectivity index (χ0v) is 21.3. The molecule has 0 saturated heterocycles. The van der Waals surface area contributed by atoms with Gasteiger partial charge in [-0.05, 0) is 0 Å². The molecule has 140 valence electrons. The van der Waals surface area contributed by atoms with E-state index in [0.29, 0.717) is 0 Å². The molecule has 4 heteroatoms. The summed E-state index contributed by atoms with van der Waals surface area (Å²) >= 11 is -2.81. The zero-order chi connectivity index (χ0) is 19.4. The molecule has 3 rings (SSSR count). The standard InChI is InChI=1S/C20H26O2Si.2CH3.Sn/c1-19(2,3)23(20(4,5)6,21-17-13-9-7-10-14-17)22-18-15-11-8-12-16-18;;;/h7-13,15H,1-6H3;2*1H3;. The van der Waals surface area contributed by atoms with Crippen LogP contribution in [0, 0.1) is 0 Å². The van der Waals surface area contributed by atoms with E-state index in [9.17, 15) is 0 Å². The maximum absolute atomic E-state index is 7.02. The van der Waals surface area contributed by atoms with Crippen molar-refractivity contribution in [2.75, 3.05) is 0 Å². The predicted molar refractivity (Wildman–Crippen MR) is 116 cm³/mol. The molecular weight excluding hydrogens is 443 g/mol. The van der Waals surface area contributed by atoms with Crippen molar-refractivity contribution in [2.24, 2.45) is 0 Å². The van der Waals surface area contributed by atoms with Gasteiger partial charge in [-0.1, -0.05) is 0 Å². The van der Waals surface area contributed by atoms with Gasteiger partial charge in [-0.3, -0.25) is 0 Å². The van der Waals surface area contributed by atoms with E-state index in [2.05, 4.69) is 100.0 Å². The SMILES string of the molecule is CC(C)(C)[Si]1(C(C)(C)C)Oc2cccc[c]2[Sn]([CH3])([CH3])[c]2ccccc2O1. The normalized spacial score (nSPS) is 18.5. The Balaban J connectivity index is 2.38. The third-order valence-corrected chi connectivity index (χ3v) is 20.6. The van der Waals surface area contributed by atoms with E-state index < -0.39 is 26.9 Å². The summed E-state index contributed by atoms with van der Waals surface area (Å²) in [6, 6.07) is 17.4. The summed E-state index contributed by atoms with van der Waals surface area (Å²) in [7, 11) is -2.70. The van der Waals surface area contributed by atoms with E-state index >= 15 is 0 Å². The molecule has 0 unspecified atom stereocenters. The summed E-state index contributed by atoms with van der Waals surface area (Å²) in [5.41, 5.74) is 0. The molecule has 2 aromatic rings. The molecule has 0 fully saturated rings. The van der Waals surface area contributed by atoms with Gasteiger partial charge in [0.15, 0.2) is 0 Å². The fraction of sp³-hybridized carbons (Fsp3) is 0.455. The van der Waals surface area contributed by atoms with Crippen LogP contribution in [0.5, 0.6) is 11.5 Å². The summed E-state index contributed by atoms with van der Waals surface area (Å²) < 4.78 is 16.9. The first-order valence-electron chi connectivity index (χ1n) is 9.47. The third kappa shape index (κ3) is 3.01. The number of hydrogen-bond donors (Lipinski definition) is 0. The second kappa shape index (κ2) is 6.30. The van der Waals surface area contributed by atoms with Gasteiger partial charge in [0.05, 0.1) is 0 Å². The number of rotatable bonds is 0. The molecule has 26 heavy (non-hydrogen) atoms. The quantitative estimate of drug-likeness (QED) is 0.481. The Morgan fingerprint density at radius 3 is 1.35 bits per heavy atom. The van der Waals surface area contributed by atoms with E-state index in [0.717, 1.165) is 11.5 Å². The van der Waals surface area contributed by atoms with Gasteiger partial charge in [-0.25, -0.2) is 0 Å². The molecule has 0 aromatic heterocycles. The molecule has 0 spiro atoms. The van der Waals surface area contributed by atoms with Crippen molar-refractivity contribution in [3.8, 4) is 11.5 Å². The molecule has 1 aliphatic rings. The molecule has 0 radical (unpaired) electrons. The fourth-order valence-corrected chi connectivity index (χ4v) is 17.5. The summed E-state index contributed by atoms with van der Waals surface area (Å²) in [5, 5.41) is -0.162. The second-order valence-corrected chi connectivity index (χ2v) is 26.9. The first-order chi connectivity index (χ1) is 11.9. The van der Waals surface area contributed by atoms with Crippen LogP contribution in [0.25, 0.3) is 0 Å². The molecular formula is C22H32O2SiSn. The van der Waals surface area contributed by atoms with E-state index in [1.165, 1.54) is 7.16 Å². The van der Waals surface area contributed by atoms with Crippen LogP contribution in [0.3, 0.4) is 0 Å². The zero-order valence-electron chi connectivity index (χ0n) is 17.4. The van der Waals surface area contributed by atoms with Gasteiger partial charge in [-0.15, -0.1) is 0 Å². The summed E-state index contributed by atoms with van der Waals surface area (Å²) in [4.78, 5) is 4.92. The van der Waals surface area contributed by atoms with Gasteiger partial charge in [-0.2, -0.15) is 0 Å². The molecule has 0 N–H and O–H groups in total. The number of para-hydroxylation sites is 2. The molecule has 0 saturated carbocycles. The average Bonchev–Trinajstić information content (AvgIpc) is 2.51. The van der Waals surface area contributed by atoms with E-state index in [4.69, 9.17) is 8.85 Å². The van der Waals surface area contributed by atoms with Crippen LogP contribution in [0.15, 0.2) is 48.5 Å². The van der Waals surface area contributed by atoms with Gasteiger partial charge in [0.2, 0.25) is 0 Å². The first kappa shape index (κ1) is 19.8. The van der Waals surface area contributed by atoms with E-state index in [1.54, 1.807) is 0 Å². The van der Waals surface area contributed by atoms with Crippen molar-refractivity contribution in [1.29, 1.82) is 0 Å². The molecule has 0 aliphatic carbocycles. The maximum atomic E-state index is 7.02. The molecule has 2 nitrogen and oxygen atoms in total. The Labute approximate surface area is 164 Å². The minimum absolute atomic E-state index is 0.0809. The van der Waals surface area contributed by atoms with E-state index in [-0.39, 0.29) is 10.1 Å². The van der Waals surface area contributed by atoms with Crippen LogP contribution in [0.4, 0.5) is 0 Å². The Morgan fingerprint density at radius 2 is 1.00 bits per heavy atom. The molecule has 0 bridgehead atoms. The molecule has 0 amide bonds. The van der Waals surface area contributed by atoms with Gasteiger partial charge in [0.25, 0.3) is 0 Å². The van der Waals surface area contributed by atoms with Crippen LogP contribution in [-0.2, 0) is 0 Å². The van der Waals surface area contributed by atoms with Gasteiger partial charge in [0.1, 0.15) is 0 Å². The Morgan fingerprint density at radius 1 is 0.654 bits per heavy atom.